The van der Waals surface area contributed by atoms with Crippen LogP contribution in [-0.4, -0.2) is 29.4 Å². The lowest BCUT2D eigenvalue weighted by atomic mass is 10.2. The Morgan fingerprint density at radius 3 is 2.86 bits per heavy atom. The summed E-state index contributed by atoms with van der Waals surface area (Å²) in [4.78, 5) is 0. The molecule has 0 radical (unpaired) electrons. The molecule has 5 nitrogen and oxygen atoms in total. The van der Waals surface area contributed by atoms with E-state index in [4.69, 9.17) is 4.42 Å². The van der Waals surface area contributed by atoms with Gasteiger partial charge in [0, 0.05) is 19.0 Å². The first kappa shape index (κ1) is 13.9. The zero-order valence-corrected chi connectivity index (χ0v) is 11.3. The molecule has 0 amide bonds. The van der Waals surface area contributed by atoms with Gasteiger partial charge in [-0.1, -0.05) is 12.1 Å². The summed E-state index contributed by atoms with van der Waals surface area (Å²) in [6, 6.07) is 6.98. The summed E-state index contributed by atoms with van der Waals surface area (Å²) in [6.45, 7) is -2.13. The van der Waals surface area contributed by atoms with Crippen LogP contribution >= 0.6 is 0 Å². The largest absolute Gasteiger partial charge is 0.434 e. The molecule has 1 aromatic carbocycles. The topological polar surface area (TPSA) is 60.2 Å². The molecule has 1 aliphatic carbocycles. The molecule has 0 atom stereocenters. The molecule has 1 N–H and O–H groups in total. The molecular weight excluding hydrogens is 280 g/mol. The minimum absolute atomic E-state index is 0.0267. The predicted molar refractivity (Wildman–Crippen MR) is 71.1 cm³/mol. The molecule has 1 heterocycles. The molecule has 0 bridgehead atoms. The van der Waals surface area contributed by atoms with Gasteiger partial charge in [0.2, 0.25) is 5.89 Å². The number of nitrogens with one attached hydrogen (secondary N) is 1. The monoisotopic (exact) mass is 295 g/mol. The highest BCUT2D eigenvalue weighted by molar-refractivity contribution is 5.62. The van der Waals surface area contributed by atoms with Gasteiger partial charge in [0.15, 0.2) is 0 Å². The minimum atomic E-state index is -2.89. The molecule has 3 rings (SSSR count). The van der Waals surface area contributed by atoms with Crippen molar-refractivity contribution in [3.63, 3.8) is 0 Å². The summed E-state index contributed by atoms with van der Waals surface area (Å²) in [7, 11) is 0. The van der Waals surface area contributed by atoms with E-state index in [0.29, 0.717) is 23.9 Å². The maximum absolute atomic E-state index is 12.4. The van der Waals surface area contributed by atoms with Crippen LogP contribution < -0.4 is 10.1 Å². The van der Waals surface area contributed by atoms with Crippen LogP contribution in [0.2, 0.25) is 0 Å². The molecule has 1 saturated carbocycles. The van der Waals surface area contributed by atoms with Crippen LogP contribution in [0.3, 0.4) is 0 Å². The van der Waals surface area contributed by atoms with Crippen molar-refractivity contribution in [1.82, 2.24) is 15.5 Å². The second kappa shape index (κ2) is 6.17. The van der Waals surface area contributed by atoms with E-state index in [1.807, 2.05) is 0 Å². The highest BCUT2D eigenvalue weighted by atomic mass is 19.3. The van der Waals surface area contributed by atoms with Gasteiger partial charge in [-0.2, -0.15) is 8.78 Å². The lowest BCUT2D eigenvalue weighted by Crippen LogP contribution is -2.19. The molecule has 7 heteroatoms. The third kappa shape index (κ3) is 3.75. The van der Waals surface area contributed by atoms with Crippen LogP contribution in [0.25, 0.3) is 11.5 Å². The first-order chi connectivity index (χ1) is 10.2. The van der Waals surface area contributed by atoms with Crippen molar-refractivity contribution < 1.29 is 17.9 Å². The summed E-state index contributed by atoms with van der Waals surface area (Å²) < 4.78 is 34.7. The summed E-state index contributed by atoms with van der Waals surface area (Å²) >= 11 is 0. The first-order valence-corrected chi connectivity index (χ1v) is 6.82. The molecule has 2 aromatic rings. The standard InChI is InChI=1S/C14H15F2N3O2/c15-14(16)20-11-4-2-1-3-10(11)13-19-18-12(21-13)7-8-17-9-5-6-9/h1-4,9,14,17H,5-8H2. The van der Waals surface area contributed by atoms with Crippen molar-refractivity contribution in [2.45, 2.75) is 31.9 Å². The van der Waals surface area contributed by atoms with Crippen molar-refractivity contribution in [1.29, 1.82) is 0 Å². The Bertz CT molecular complexity index is 599. The molecule has 1 aromatic heterocycles. The number of hydrogen-bond acceptors (Lipinski definition) is 5. The molecule has 0 spiro atoms. The molecule has 21 heavy (non-hydrogen) atoms. The van der Waals surface area contributed by atoms with E-state index in [1.54, 1.807) is 18.2 Å². The number of hydrogen-bond donors (Lipinski definition) is 1. The van der Waals surface area contributed by atoms with Crippen LogP contribution in [0.4, 0.5) is 8.78 Å². The van der Waals surface area contributed by atoms with Crippen LogP contribution in [0.5, 0.6) is 5.75 Å². The number of aromatic nitrogens is 2. The predicted octanol–water partition coefficient (Wildman–Crippen LogP) is 2.63. The SMILES string of the molecule is FC(F)Oc1ccccc1-c1nnc(CCNC2CC2)o1. The number of para-hydroxylation sites is 1. The van der Waals surface area contributed by atoms with Gasteiger partial charge < -0.3 is 14.5 Å². The van der Waals surface area contributed by atoms with Gasteiger partial charge in [0.1, 0.15) is 5.75 Å². The van der Waals surface area contributed by atoms with E-state index in [2.05, 4.69) is 20.3 Å². The lowest BCUT2D eigenvalue weighted by molar-refractivity contribution is -0.0495. The van der Waals surface area contributed by atoms with Crippen molar-refractivity contribution >= 4 is 0 Å². The van der Waals surface area contributed by atoms with E-state index >= 15 is 0 Å². The van der Waals surface area contributed by atoms with Gasteiger partial charge in [-0.15, -0.1) is 10.2 Å². The van der Waals surface area contributed by atoms with Crippen molar-refractivity contribution in [3.05, 3.63) is 30.2 Å². The number of alkyl halides is 2. The van der Waals surface area contributed by atoms with Gasteiger partial charge in [0.25, 0.3) is 5.89 Å². The third-order valence-electron chi connectivity index (χ3n) is 3.15. The van der Waals surface area contributed by atoms with Gasteiger partial charge in [-0.3, -0.25) is 0 Å². The van der Waals surface area contributed by atoms with E-state index < -0.39 is 6.61 Å². The second-order valence-corrected chi connectivity index (χ2v) is 4.85. The van der Waals surface area contributed by atoms with E-state index in [1.165, 1.54) is 18.9 Å². The number of halogens is 2. The quantitative estimate of drug-likeness (QED) is 0.851. The smallest absolute Gasteiger partial charge is 0.387 e. The molecule has 1 fully saturated rings. The molecule has 1 aliphatic rings. The van der Waals surface area contributed by atoms with Gasteiger partial charge in [0.05, 0.1) is 5.56 Å². The molecule has 0 unspecified atom stereocenters. The lowest BCUT2D eigenvalue weighted by Gasteiger charge is -2.07. The molecular formula is C14H15F2N3O2. The summed E-state index contributed by atoms with van der Waals surface area (Å²) in [5.41, 5.74) is 0.367. The Hall–Kier alpha value is -2.02. The Labute approximate surface area is 120 Å². The number of rotatable bonds is 7. The third-order valence-corrected chi connectivity index (χ3v) is 3.15. The van der Waals surface area contributed by atoms with E-state index in [0.717, 1.165) is 6.54 Å². The molecule has 0 aliphatic heterocycles. The van der Waals surface area contributed by atoms with Gasteiger partial charge in [-0.25, -0.2) is 0 Å². The number of nitrogens with zero attached hydrogens (tertiary/aromatic N) is 2. The average molecular weight is 295 g/mol. The van der Waals surface area contributed by atoms with Crippen LogP contribution in [0.15, 0.2) is 28.7 Å². The van der Waals surface area contributed by atoms with Crippen molar-refractivity contribution in [2.24, 2.45) is 0 Å². The highest BCUT2D eigenvalue weighted by Gasteiger charge is 2.20. The fourth-order valence-corrected chi connectivity index (χ4v) is 1.98. The summed E-state index contributed by atoms with van der Waals surface area (Å²) in [6.07, 6.45) is 3.04. The van der Waals surface area contributed by atoms with Crippen molar-refractivity contribution in [3.8, 4) is 17.2 Å². The number of ether oxygens (including phenoxy) is 1. The minimum Gasteiger partial charge on any atom is -0.434 e. The second-order valence-electron chi connectivity index (χ2n) is 4.85. The Morgan fingerprint density at radius 2 is 2.10 bits per heavy atom. The van der Waals surface area contributed by atoms with E-state index in [9.17, 15) is 8.78 Å². The Kier molecular flexibility index (Phi) is 4.10. The Balaban J connectivity index is 1.69. The Morgan fingerprint density at radius 1 is 1.29 bits per heavy atom. The zero-order chi connectivity index (χ0) is 14.7. The molecule has 0 saturated heterocycles. The number of benzene rings is 1. The maximum atomic E-state index is 12.4. The summed E-state index contributed by atoms with van der Waals surface area (Å²) in [5, 5.41) is 11.2. The van der Waals surface area contributed by atoms with Crippen molar-refractivity contribution in [2.75, 3.05) is 6.54 Å². The zero-order valence-electron chi connectivity index (χ0n) is 11.3. The van der Waals surface area contributed by atoms with Gasteiger partial charge >= 0.3 is 6.61 Å². The van der Waals surface area contributed by atoms with Crippen LogP contribution in [0.1, 0.15) is 18.7 Å². The average Bonchev–Trinajstić information content (AvgIpc) is 3.16. The highest BCUT2D eigenvalue weighted by Crippen LogP contribution is 2.29. The van der Waals surface area contributed by atoms with Crippen LogP contribution in [-0.2, 0) is 6.42 Å². The molecule has 112 valence electrons. The van der Waals surface area contributed by atoms with Crippen LogP contribution in [0, 0.1) is 0 Å². The fourth-order valence-electron chi connectivity index (χ4n) is 1.98. The van der Waals surface area contributed by atoms with Gasteiger partial charge in [-0.05, 0) is 25.0 Å². The maximum Gasteiger partial charge on any atom is 0.387 e. The normalized spacial score (nSPS) is 14.6. The first-order valence-electron chi connectivity index (χ1n) is 6.82. The summed E-state index contributed by atoms with van der Waals surface area (Å²) in [5.74, 6) is 0.691. The fraction of sp³-hybridized carbons (Fsp3) is 0.429. The van der Waals surface area contributed by atoms with E-state index in [-0.39, 0.29) is 11.6 Å².